The van der Waals surface area contributed by atoms with Crippen molar-refractivity contribution in [1.82, 2.24) is 5.32 Å². The molecule has 3 aromatic carbocycles. The minimum Gasteiger partial charge on any atom is -0.299 e. The average Bonchev–Trinajstić information content (AvgIpc) is 2.66. The van der Waals surface area contributed by atoms with Gasteiger partial charge in [-0.15, -0.1) is 6.58 Å². The number of rotatable bonds is 7. The van der Waals surface area contributed by atoms with Crippen molar-refractivity contribution in [2.45, 2.75) is 18.5 Å². The molecule has 0 amide bonds. The van der Waals surface area contributed by atoms with E-state index < -0.39 is 0 Å². The molecule has 0 saturated carbocycles. The van der Waals surface area contributed by atoms with Gasteiger partial charge in [0.1, 0.15) is 0 Å². The quantitative estimate of drug-likeness (QED) is 0.456. The van der Waals surface area contributed by atoms with E-state index in [1.165, 1.54) is 16.7 Å². The van der Waals surface area contributed by atoms with E-state index in [9.17, 15) is 0 Å². The van der Waals surface area contributed by atoms with Crippen LogP contribution in [0.25, 0.3) is 0 Å². The topological polar surface area (TPSA) is 12.0 Å². The van der Waals surface area contributed by atoms with E-state index in [2.05, 4.69) is 113 Å². The fourth-order valence-corrected chi connectivity index (χ4v) is 3.48. The van der Waals surface area contributed by atoms with Gasteiger partial charge in [-0.2, -0.15) is 0 Å². The van der Waals surface area contributed by atoms with E-state index in [-0.39, 0.29) is 12.1 Å². The fourth-order valence-electron chi connectivity index (χ4n) is 3.07. The first-order chi connectivity index (χ1) is 12.3. The highest BCUT2D eigenvalue weighted by molar-refractivity contribution is 9.10. The molecule has 0 saturated heterocycles. The van der Waals surface area contributed by atoms with Crippen molar-refractivity contribution in [1.29, 1.82) is 0 Å². The highest BCUT2D eigenvalue weighted by Gasteiger charge is 2.19. The van der Waals surface area contributed by atoms with Gasteiger partial charge in [-0.25, -0.2) is 0 Å². The molecule has 0 unspecified atom stereocenters. The second kappa shape index (κ2) is 8.80. The number of hydrogen-bond donors (Lipinski definition) is 1. The van der Waals surface area contributed by atoms with Gasteiger partial charge >= 0.3 is 0 Å². The van der Waals surface area contributed by atoms with E-state index in [1.54, 1.807) is 0 Å². The van der Waals surface area contributed by atoms with Gasteiger partial charge in [0.25, 0.3) is 0 Å². The maximum absolute atomic E-state index is 3.95. The third-order valence-electron chi connectivity index (χ3n) is 4.29. The van der Waals surface area contributed by atoms with E-state index in [0.29, 0.717) is 0 Å². The van der Waals surface area contributed by atoms with Crippen LogP contribution in [0.5, 0.6) is 0 Å². The molecule has 0 aliphatic heterocycles. The van der Waals surface area contributed by atoms with E-state index in [4.69, 9.17) is 0 Å². The summed E-state index contributed by atoms with van der Waals surface area (Å²) < 4.78 is 1.09. The van der Waals surface area contributed by atoms with Gasteiger partial charge in [-0.05, 0) is 35.2 Å². The maximum atomic E-state index is 3.95. The lowest BCUT2D eigenvalue weighted by atomic mass is 9.95. The highest BCUT2D eigenvalue weighted by atomic mass is 79.9. The van der Waals surface area contributed by atoms with Crippen molar-refractivity contribution < 1.29 is 0 Å². The molecule has 2 heteroatoms. The second-order valence-electron chi connectivity index (χ2n) is 6.05. The number of nitrogens with one attached hydrogen (secondary N) is 1. The molecule has 0 spiro atoms. The lowest BCUT2D eigenvalue weighted by Crippen LogP contribution is -2.27. The summed E-state index contributed by atoms with van der Waals surface area (Å²) in [5.74, 6) is 0. The Labute approximate surface area is 158 Å². The number of halogens is 1. The zero-order chi connectivity index (χ0) is 17.5. The molecule has 0 bridgehead atoms. The van der Waals surface area contributed by atoms with Crippen LogP contribution in [0.3, 0.4) is 0 Å². The lowest BCUT2D eigenvalue weighted by Gasteiger charge is -2.27. The van der Waals surface area contributed by atoms with Crippen LogP contribution in [-0.4, -0.2) is 0 Å². The zero-order valence-electron chi connectivity index (χ0n) is 14.1. The molecule has 0 aliphatic carbocycles. The molecule has 126 valence electrons. The Bertz CT molecular complexity index is 759. The first-order valence-electron chi connectivity index (χ1n) is 8.50. The van der Waals surface area contributed by atoms with Crippen LogP contribution in [0.4, 0.5) is 0 Å². The van der Waals surface area contributed by atoms with Crippen molar-refractivity contribution in [3.63, 3.8) is 0 Å². The highest BCUT2D eigenvalue weighted by Crippen LogP contribution is 2.28. The van der Waals surface area contributed by atoms with E-state index >= 15 is 0 Å². The summed E-state index contributed by atoms with van der Waals surface area (Å²) >= 11 is 3.58. The monoisotopic (exact) mass is 391 g/mol. The summed E-state index contributed by atoms with van der Waals surface area (Å²) in [5.41, 5.74) is 3.78. The number of hydrogen-bond acceptors (Lipinski definition) is 1. The van der Waals surface area contributed by atoms with Gasteiger partial charge in [-0.1, -0.05) is 94.8 Å². The third-order valence-corrected chi connectivity index (χ3v) is 4.78. The van der Waals surface area contributed by atoms with Crippen LogP contribution in [0.1, 0.15) is 35.2 Å². The van der Waals surface area contributed by atoms with Gasteiger partial charge in [0.2, 0.25) is 0 Å². The molecule has 0 fully saturated rings. The van der Waals surface area contributed by atoms with E-state index in [1.807, 2.05) is 6.08 Å². The Morgan fingerprint density at radius 2 is 1.36 bits per heavy atom. The summed E-state index contributed by atoms with van der Waals surface area (Å²) in [6.07, 6.45) is 2.85. The molecule has 0 heterocycles. The summed E-state index contributed by atoms with van der Waals surface area (Å²) in [6.45, 7) is 3.95. The molecule has 25 heavy (non-hydrogen) atoms. The molecular weight excluding hydrogens is 370 g/mol. The molecule has 3 rings (SSSR count). The normalized spacial score (nSPS) is 12.1. The van der Waals surface area contributed by atoms with Crippen LogP contribution in [0.15, 0.2) is 102 Å². The third kappa shape index (κ3) is 4.68. The Morgan fingerprint density at radius 1 is 0.800 bits per heavy atom. The Hall–Kier alpha value is -2.16. The summed E-state index contributed by atoms with van der Waals surface area (Å²) in [6, 6.07) is 30.0. The van der Waals surface area contributed by atoms with Gasteiger partial charge < -0.3 is 0 Å². The SMILES string of the molecule is C=CC[C@@H](NC(c1ccccc1)c1ccccc1)c1cccc(Br)c1. The van der Waals surface area contributed by atoms with Crippen molar-refractivity contribution in [3.8, 4) is 0 Å². The van der Waals surface area contributed by atoms with Gasteiger partial charge in [0.15, 0.2) is 0 Å². The smallest absolute Gasteiger partial charge is 0.0581 e. The predicted octanol–water partition coefficient (Wildman–Crippen LogP) is 6.45. The van der Waals surface area contributed by atoms with Gasteiger partial charge in [0.05, 0.1) is 6.04 Å². The van der Waals surface area contributed by atoms with Crippen LogP contribution in [-0.2, 0) is 0 Å². The van der Waals surface area contributed by atoms with Crippen LogP contribution >= 0.6 is 15.9 Å². The molecule has 1 atom stereocenters. The molecule has 1 nitrogen and oxygen atoms in total. The minimum atomic E-state index is 0.131. The molecule has 0 radical (unpaired) electrons. The summed E-state index contributed by atoms with van der Waals surface area (Å²) in [5, 5.41) is 3.84. The Balaban J connectivity index is 1.96. The Morgan fingerprint density at radius 3 is 1.88 bits per heavy atom. The van der Waals surface area contributed by atoms with Gasteiger partial charge in [0, 0.05) is 10.5 Å². The molecule has 3 aromatic rings. The van der Waals surface area contributed by atoms with Gasteiger partial charge in [-0.3, -0.25) is 5.32 Å². The van der Waals surface area contributed by atoms with Crippen LogP contribution in [0.2, 0.25) is 0 Å². The van der Waals surface area contributed by atoms with Crippen molar-refractivity contribution in [2.75, 3.05) is 0 Å². The molecule has 0 aliphatic rings. The molecule has 0 aromatic heterocycles. The van der Waals surface area contributed by atoms with Crippen molar-refractivity contribution in [3.05, 3.63) is 119 Å². The van der Waals surface area contributed by atoms with Crippen molar-refractivity contribution >= 4 is 15.9 Å². The van der Waals surface area contributed by atoms with Crippen molar-refractivity contribution in [2.24, 2.45) is 0 Å². The zero-order valence-corrected chi connectivity index (χ0v) is 15.7. The van der Waals surface area contributed by atoms with E-state index in [0.717, 1.165) is 10.9 Å². The summed E-state index contributed by atoms with van der Waals surface area (Å²) in [4.78, 5) is 0. The first kappa shape index (κ1) is 17.7. The second-order valence-corrected chi connectivity index (χ2v) is 6.97. The molecule has 1 N–H and O–H groups in total. The van der Waals surface area contributed by atoms with Crippen LogP contribution < -0.4 is 5.32 Å². The molecular formula is C23H22BrN. The first-order valence-corrected chi connectivity index (χ1v) is 9.29. The largest absolute Gasteiger partial charge is 0.299 e. The predicted molar refractivity (Wildman–Crippen MR) is 110 cm³/mol. The fraction of sp³-hybridized carbons (Fsp3) is 0.130. The van der Waals surface area contributed by atoms with Crippen LogP contribution in [0, 0.1) is 0 Å². The maximum Gasteiger partial charge on any atom is 0.0581 e. The minimum absolute atomic E-state index is 0.131. The standard InChI is InChI=1S/C23H22BrN/c1-2-10-22(20-15-9-16-21(24)17-20)25-23(18-11-5-3-6-12-18)19-13-7-4-8-14-19/h2-9,11-17,22-23,25H,1,10H2/t22-/m1/s1. The lowest BCUT2D eigenvalue weighted by molar-refractivity contribution is 0.489. The number of benzene rings is 3. The Kier molecular flexibility index (Phi) is 6.21. The average molecular weight is 392 g/mol. The summed E-state index contributed by atoms with van der Waals surface area (Å²) in [7, 11) is 0.